The molecule has 0 saturated carbocycles. The van der Waals surface area contributed by atoms with Gasteiger partial charge in [-0.2, -0.15) is 0 Å². The number of likely N-dealkylation sites (N-methyl/N-ethyl adjacent to an activating group) is 1. The lowest BCUT2D eigenvalue weighted by Crippen LogP contribution is -2.45. The Bertz CT molecular complexity index is 900. The Kier molecular flexibility index (Phi) is 6.03. The fraction of sp³-hybridized carbons (Fsp3) is 0.520. The van der Waals surface area contributed by atoms with Crippen molar-refractivity contribution in [1.82, 2.24) is 4.90 Å². The van der Waals surface area contributed by atoms with Crippen molar-refractivity contribution in [2.24, 2.45) is 5.92 Å². The molecule has 2 atom stereocenters. The Hall–Kier alpha value is -2.11. The van der Waals surface area contributed by atoms with Crippen molar-refractivity contribution in [1.29, 1.82) is 0 Å². The van der Waals surface area contributed by atoms with Gasteiger partial charge in [-0.05, 0) is 79.6 Å². The molecule has 0 amide bonds. The third-order valence-corrected chi connectivity index (χ3v) is 6.66. The Morgan fingerprint density at radius 1 is 1.13 bits per heavy atom. The second-order valence-corrected chi connectivity index (χ2v) is 9.16. The molecule has 30 heavy (non-hydrogen) atoms. The van der Waals surface area contributed by atoms with Gasteiger partial charge >= 0.3 is 0 Å². The van der Waals surface area contributed by atoms with Crippen molar-refractivity contribution in [3.05, 3.63) is 58.9 Å². The molecular weight excluding hydrogens is 381 g/mol. The molecule has 1 aliphatic carbocycles. The average Bonchev–Trinajstić information content (AvgIpc) is 3.18. The van der Waals surface area contributed by atoms with E-state index >= 15 is 0 Å². The van der Waals surface area contributed by atoms with E-state index in [1.807, 2.05) is 12.1 Å². The predicted molar refractivity (Wildman–Crippen MR) is 116 cm³/mol. The highest BCUT2D eigenvalue weighted by Gasteiger charge is 2.43. The molecule has 2 aromatic rings. The highest BCUT2D eigenvalue weighted by Crippen LogP contribution is 2.45. The van der Waals surface area contributed by atoms with Crippen molar-refractivity contribution < 1.29 is 19.0 Å². The topological polar surface area (TPSA) is 41.9 Å². The lowest BCUT2D eigenvalue weighted by atomic mass is 9.66. The minimum atomic E-state index is -0.758. The van der Waals surface area contributed by atoms with Crippen molar-refractivity contribution in [3.63, 3.8) is 0 Å². The van der Waals surface area contributed by atoms with Gasteiger partial charge in [0.15, 0.2) is 11.5 Å². The van der Waals surface area contributed by atoms with Gasteiger partial charge in [0.25, 0.3) is 0 Å². The molecule has 1 aliphatic heterocycles. The number of aliphatic hydroxyl groups is 1. The number of hydrogen-bond acceptors (Lipinski definition) is 4. The van der Waals surface area contributed by atoms with E-state index in [1.165, 1.54) is 11.6 Å². The van der Waals surface area contributed by atoms with Crippen LogP contribution in [0.25, 0.3) is 0 Å². The molecule has 2 aliphatic rings. The zero-order valence-corrected chi connectivity index (χ0v) is 18.2. The summed E-state index contributed by atoms with van der Waals surface area (Å²) in [6.45, 7) is 6.32. The van der Waals surface area contributed by atoms with E-state index in [0.717, 1.165) is 48.6 Å². The molecule has 0 fully saturated rings. The summed E-state index contributed by atoms with van der Waals surface area (Å²) >= 11 is 0. The zero-order valence-electron chi connectivity index (χ0n) is 18.2. The first-order chi connectivity index (χ1) is 14.4. The quantitative estimate of drug-likeness (QED) is 0.724. The third kappa shape index (κ3) is 4.33. The number of halogens is 1. The van der Waals surface area contributed by atoms with Gasteiger partial charge in [0.05, 0.1) is 5.60 Å². The van der Waals surface area contributed by atoms with Crippen LogP contribution in [0.1, 0.15) is 49.3 Å². The first kappa shape index (κ1) is 21.1. The van der Waals surface area contributed by atoms with Gasteiger partial charge in [0, 0.05) is 19.0 Å². The first-order valence-corrected chi connectivity index (χ1v) is 10.9. The van der Waals surface area contributed by atoms with E-state index in [1.54, 1.807) is 6.07 Å². The molecule has 4 nitrogen and oxygen atoms in total. The number of hydrogen-bond donors (Lipinski definition) is 1. The molecule has 0 radical (unpaired) electrons. The van der Waals surface area contributed by atoms with Gasteiger partial charge in [-0.15, -0.1) is 0 Å². The molecule has 5 heteroatoms. The summed E-state index contributed by atoms with van der Waals surface area (Å²) in [6, 6.07) is 11.1. The van der Waals surface area contributed by atoms with Crippen LogP contribution in [0.5, 0.6) is 11.5 Å². The molecule has 0 bridgehead atoms. The first-order valence-electron chi connectivity index (χ1n) is 10.9. The van der Waals surface area contributed by atoms with E-state index in [0.29, 0.717) is 25.6 Å². The van der Waals surface area contributed by atoms with E-state index in [-0.39, 0.29) is 11.7 Å². The molecular formula is C25H32FNO3. The van der Waals surface area contributed by atoms with Crippen molar-refractivity contribution >= 4 is 0 Å². The molecule has 0 spiro atoms. The van der Waals surface area contributed by atoms with E-state index in [4.69, 9.17) is 9.47 Å². The third-order valence-electron chi connectivity index (χ3n) is 6.66. The number of benzene rings is 2. The molecule has 0 aromatic heterocycles. The van der Waals surface area contributed by atoms with Crippen LogP contribution < -0.4 is 9.47 Å². The minimum Gasteiger partial charge on any atom is -0.454 e. The SMILES string of the molecule is CC(C)[C@@H]1c2ccc(F)cc2CC[C@@]1(O)CCN(C)CCc1ccc2c(c1)OCO2. The summed E-state index contributed by atoms with van der Waals surface area (Å²) in [7, 11) is 2.10. The van der Waals surface area contributed by atoms with Crippen LogP contribution in [0.4, 0.5) is 4.39 Å². The second-order valence-electron chi connectivity index (χ2n) is 9.16. The Balaban J connectivity index is 1.37. The molecule has 1 N–H and O–H groups in total. The van der Waals surface area contributed by atoms with Crippen molar-refractivity contribution in [2.45, 2.75) is 51.0 Å². The van der Waals surface area contributed by atoms with E-state index < -0.39 is 5.60 Å². The maximum Gasteiger partial charge on any atom is 0.231 e. The van der Waals surface area contributed by atoms with Gasteiger partial charge in [0.2, 0.25) is 6.79 Å². The Morgan fingerprint density at radius 3 is 2.73 bits per heavy atom. The summed E-state index contributed by atoms with van der Waals surface area (Å²) in [6.07, 6.45) is 3.04. The Morgan fingerprint density at radius 2 is 1.93 bits per heavy atom. The lowest BCUT2D eigenvalue weighted by molar-refractivity contribution is -0.0300. The van der Waals surface area contributed by atoms with E-state index in [9.17, 15) is 9.50 Å². The predicted octanol–water partition coefficient (Wildman–Crippen LogP) is 4.54. The number of rotatable bonds is 7. The Labute approximate surface area is 178 Å². The van der Waals surface area contributed by atoms with Crippen LogP contribution in [0.2, 0.25) is 0 Å². The zero-order chi connectivity index (χ0) is 21.3. The summed E-state index contributed by atoms with van der Waals surface area (Å²) < 4.78 is 24.5. The average molecular weight is 414 g/mol. The van der Waals surface area contributed by atoms with Gasteiger partial charge in [0.1, 0.15) is 5.82 Å². The van der Waals surface area contributed by atoms with Crippen LogP contribution in [0.3, 0.4) is 0 Å². The molecule has 1 heterocycles. The van der Waals surface area contributed by atoms with Crippen molar-refractivity contribution in [3.8, 4) is 11.5 Å². The number of ether oxygens (including phenoxy) is 2. The van der Waals surface area contributed by atoms with Gasteiger partial charge in [-0.1, -0.05) is 26.0 Å². The number of nitrogens with zero attached hydrogens (tertiary/aromatic N) is 1. The van der Waals surface area contributed by atoms with Gasteiger partial charge < -0.3 is 19.5 Å². The fourth-order valence-corrected chi connectivity index (χ4v) is 5.06. The summed E-state index contributed by atoms with van der Waals surface area (Å²) in [4.78, 5) is 2.28. The summed E-state index contributed by atoms with van der Waals surface area (Å²) in [5, 5.41) is 11.6. The standard InChI is InChI=1S/C25H32FNO3/c1-17(2)24-21-6-5-20(26)15-19(21)8-10-25(24,28)11-13-27(3)12-9-18-4-7-22-23(14-18)30-16-29-22/h4-7,14-15,17,24,28H,8-13,16H2,1-3H3/t24-,25-/m1/s1. The lowest BCUT2D eigenvalue weighted by Gasteiger charge is -2.44. The van der Waals surface area contributed by atoms with Crippen LogP contribution in [0, 0.1) is 11.7 Å². The second kappa shape index (κ2) is 8.56. The summed E-state index contributed by atoms with van der Waals surface area (Å²) in [5.74, 6) is 1.76. The largest absolute Gasteiger partial charge is 0.454 e. The minimum absolute atomic E-state index is 0.0316. The molecule has 4 rings (SSSR count). The van der Waals surface area contributed by atoms with Crippen LogP contribution >= 0.6 is 0 Å². The molecule has 2 aromatic carbocycles. The summed E-state index contributed by atoms with van der Waals surface area (Å²) in [5.41, 5.74) is 2.63. The van der Waals surface area contributed by atoms with Crippen LogP contribution in [-0.2, 0) is 12.8 Å². The number of aryl methyl sites for hydroxylation is 1. The van der Waals surface area contributed by atoms with Gasteiger partial charge in [-0.3, -0.25) is 0 Å². The molecule has 0 unspecified atom stereocenters. The number of fused-ring (bicyclic) bond motifs is 2. The van der Waals surface area contributed by atoms with Crippen LogP contribution in [0.15, 0.2) is 36.4 Å². The molecule has 0 saturated heterocycles. The fourth-order valence-electron chi connectivity index (χ4n) is 5.06. The van der Waals surface area contributed by atoms with Crippen molar-refractivity contribution in [2.75, 3.05) is 26.9 Å². The highest BCUT2D eigenvalue weighted by molar-refractivity contribution is 5.44. The van der Waals surface area contributed by atoms with Crippen LogP contribution in [-0.4, -0.2) is 42.5 Å². The maximum atomic E-state index is 13.7. The monoisotopic (exact) mass is 413 g/mol. The van der Waals surface area contributed by atoms with E-state index in [2.05, 4.69) is 37.9 Å². The smallest absolute Gasteiger partial charge is 0.231 e. The van der Waals surface area contributed by atoms with Gasteiger partial charge in [-0.25, -0.2) is 4.39 Å². The highest BCUT2D eigenvalue weighted by atomic mass is 19.1. The normalized spacial score (nSPS) is 22.6. The maximum absolute atomic E-state index is 13.7. The molecule has 162 valence electrons.